The molecule has 0 saturated heterocycles. The maximum Gasteiger partial charge on any atom is 0.253 e. The van der Waals surface area contributed by atoms with E-state index in [9.17, 15) is 4.79 Å². The van der Waals surface area contributed by atoms with Gasteiger partial charge >= 0.3 is 0 Å². The van der Waals surface area contributed by atoms with E-state index in [4.69, 9.17) is 27.3 Å². The van der Waals surface area contributed by atoms with Gasteiger partial charge in [-0.2, -0.15) is 0 Å². The average molecular weight is 496 g/mol. The number of nitrogens with one attached hydrogen (secondary N) is 2. The number of carbonyl (C=O) groups is 1. The van der Waals surface area contributed by atoms with E-state index in [0.717, 1.165) is 47.2 Å². The number of aryl methyl sites for hydroxylation is 3. The molecule has 0 fully saturated rings. The molecule has 4 aromatic rings. The topological polar surface area (TPSA) is 138 Å². The molecule has 0 radical (unpaired) electrons. The Morgan fingerprint density at radius 2 is 1.54 bits per heavy atom. The predicted octanol–water partition coefficient (Wildman–Crippen LogP) is 3.65. The summed E-state index contributed by atoms with van der Waals surface area (Å²) in [6.07, 6.45) is 2.62. The summed E-state index contributed by atoms with van der Waals surface area (Å²) in [5.41, 5.74) is 16.5. The summed E-state index contributed by atoms with van der Waals surface area (Å²) in [7, 11) is 1.99. The highest BCUT2D eigenvalue weighted by Crippen LogP contribution is 2.20. The maximum atomic E-state index is 13.5. The first-order valence-electron chi connectivity index (χ1n) is 12.4. The lowest BCUT2D eigenvalue weighted by molar-refractivity contribution is 0.0762. The first-order valence-corrected chi connectivity index (χ1v) is 12.4. The van der Waals surface area contributed by atoms with E-state index in [1.807, 2.05) is 79.8 Å². The van der Waals surface area contributed by atoms with Crippen molar-refractivity contribution < 1.29 is 4.79 Å². The zero-order valence-electron chi connectivity index (χ0n) is 21.1. The minimum atomic E-state index is -0.0863. The Kier molecular flexibility index (Phi) is 7.98. The second-order valence-corrected chi connectivity index (χ2v) is 9.20. The summed E-state index contributed by atoms with van der Waals surface area (Å²) in [6, 6.07) is 23.4. The van der Waals surface area contributed by atoms with Crippen LogP contribution in [0.5, 0.6) is 0 Å². The molecule has 1 aromatic heterocycles. The van der Waals surface area contributed by atoms with Crippen molar-refractivity contribution in [3.63, 3.8) is 0 Å². The van der Waals surface area contributed by atoms with E-state index in [2.05, 4.69) is 4.57 Å². The summed E-state index contributed by atoms with van der Waals surface area (Å²) in [5.74, 6) is 0.982. The van der Waals surface area contributed by atoms with Gasteiger partial charge in [0, 0.05) is 44.1 Å². The van der Waals surface area contributed by atoms with Crippen molar-refractivity contribution in [1.29, 1.82) is 10.8 Å². The van der Waals surface area contributed by atoms with Crippen LogP contribution in [-0.2, 0) is 26.3 Å². The van der Waals surface area contributed by atoms with Crippen LogP contribution < -0.4 is 11.5 Å². The Labute approximate surface area is 216 Å². The van der Waals surface area contributed by atoms with Crippen LogP contribution in [0.15, 0.2) is 72.8 Å². The van der Waals surface area contributed by atoms with Crippen molar-refractivity contribution in [3.8, 4) is 0 Å². The molecule has 0 aliphatic carbocycles. The number of imidazole rings is 1. The van der Waals surface area contributed by atoms with Crippen molar-refractivity contribution in [2.24, 2.45) is 18.5 Å². The summed E-state index contributed by atoms with van der Waals surface area (Å²) in [4.78, 5) is 20.1. The number of amides is 1. The molecule has 1 amide bonds. The number of fused-ring (bicyclic) bond motifs is 1. The SMILES string of the molecule is Cn1c(CCc2ccc(C(=N)N)cc2)nc2cc(C(=O)N(CCC(=N)N)CCc3ccccc3)ccc21. The third-order valence-corrected chi connectivity index (χ3v) is 6.57. The van der Waals surface area contributed by atoms with E-state index >= 15 is 0 Å². The van der Waals surface area contributed by atoms with Crippen molar-refractivity contribution in [1.82, 2.24) is 14.5 Å². The third kappa shape index (κ3) is 6.41. The Morgan fingerprint density at radius 3 is 2.22 bits per heavy atom. The number of rotatable bonds is 11. The summed E-state index contributed by atoms with van der Waals surface area (Å²) < 4.78 is 2.07. The number of nitrogens with two attached hydrogens (primary N) is 2. The normalized spacial score (nSPS) is 10.9. The largest absolute Gasteiger partial charge is 0.388 e. The van der Waals surface area contributed by atoms with Gasteiger partial charge in [-0.3, -0.25) is 15.6 Å². The number of benzene rings is 3. The molecule has 3 aromatic carbocycles. The smallest absolute Gasteiger partial charge is 0.253 e. The van der Waals surface area contributed by atoms with Crippen molar-refractivity contribution in [3.05, 3.63) is 101 Å². The van der Waals surface area contributed by atoms with Crippen molar-refractivity contribution in [2.45, 2.75) is 25.7 Å². The fourth-order valence-electron chi connectivity index (χ4n) is 4.38. The lowest BCUT2D eigenvalue weighted by Crippen LogP contribution is -2.35. The van der Waals surface area contributed by atoms with Crippen LogP contribution in [0.2, 0.25) is 0 Å². The van der Waals surface area contributed by atoms with Gasteiger partial charge in [-0.15, -0.1) is 0 Å². The number of aromatic nitrogens is 2. The minimum absolute atomic E-state index is 0.0622. The van der Waals surface area contributed by atoms with Gasteiger partial charge in [-0.05, 0) is 42.2 Å². The highest BCUT2D eigenvalue weighted by Gasteiger charge is 2.18. The lowest BCUT2D eigenvalue weighted by Gasteiger charge is -2.23. The molecule has 6 N–H and O–H groups in total. The summed E-state index contributed by atoms with van der Waals surface area (Å²) in [6.45, 7) is 0.943. The number of hydrogen-bond acceptors (Lipinski definition) is 4. The standard InChI is InChI=1S/C29H33N7O/c1-35-25-13-12-23(29(37)36(18-16-26(30)31)17-15-20-5-3-2-4-6-20)19-24(25)34-27(35)14-9-21-7-10-22(11-8-21)28(32)33/h2-8,10-13,19H,9,14-18H2,1H3,(H3,30,31)(H3,32,33). The highest BCUT2D eigenvalue weighted by atomic mass is 16.2. The van der Waals surface area contributed by atoms with Gasteiger partial charge in [0.2, 0.25) is 0 Å². The molecule has 0 aliphatic heterocycles. The Balaban J connectivity index is 1.49. The van der Waals surface area contributed by atoms with Crippen molar-refractivity contribution in [2.75, 3.05) is 13.1 Å². The van der Waals surface area contributed by atoms with E-state index in [-0.39, 0.29) is 17.6 Å². The number of nitrogens with zero attached hydrogens (tertiary/aromatic N) is 3. The first kappa shape index (κ1) is 25.6. The molecular weight excluding hydrogens is 462 g/mol. The van der Waals surface area contributed by atoms with Crippen LogP contribution in [0.25, 0.3) is 11.0 Å². The van der Waals surface area contributed by atoms with Gasteiger partial charge in [-0.25, -0.2) is 4.98 Å². The molecule has 0 unspecified atom stereocenters. The van der Waals surface area contributed by atoms with Crippen LogP contribution in [-0.4, -0.2) is 45.1 Å². The molecule has 0 bridgehead atoms. The average Bonchev–Trinajstić information content (AvgIpc) is 3.22. The van der Waals surface area contributed by atoms with Crippen molar-refractivity contribution >= 4 is 28.6 Å². The molecule has 190 valence electrons. The van der Waals surface area contributed by atoms with E-state index in [1.165, 1.54) is 0 Å². The Hall–Kier alpha value is -4.46. The van der Waals surface area contributed by atoms with Crippen LogP contribution in [0, 0.1) is 10.8 Å². The van der Waals surface area contributed by atoms with Crippen LogP contribution in [0.4, 0.5) is 0 Å². The summed E-state index contributed by atoms with van der Waals surface area (Å²) >= 11 is 0. The van der Waals surface area contributed by atoms with Gasteiger partial charge in [0.15, 0.2) is 0 Å². The zero-order chi connectivity index (χ0) is 26.4. The fourth-order valence-corrected chi connectivity index (χ4v) is 4.38. The van der Waals surface area contributed by atoms with Gasteiger partial charge in [-0.1, -0.05) is 54.6 Å². The Morgan fingerprint density at radius 1 is 0.865 bits per heavy atom. The minimum Gasteiger partial charge on any atom is -0.388 e. The number of nitrogen functional groups attached to an aromatic ring is 1. The quantitative estimate of drug-likeness (QED) is 0.186. The molecule has 8 nitrogen and oxygen atoms in total. The fraction of sp³-hybridized carbons (Fsp3) is 0.241. The van der Waals surface area contributed by atoms with Crippen LogP contribution >= 0.6 is 0 Å². The molecule has 0 aliphatic rings. The van der Waals surface area contributed by atoms with Gasteiger partial charge in [0.25, 0.3) is 5.91 Å². The number of hydrogen-bond donors (Lipinski definition) is 4. The molecule has 0 atom stereocenters. The van der Waals surface area contributed by atoms with Gasteiger partial charge in [0.05, 0.1) is 16.9 Å². The molecule has 8 heteroatoms. The molecule has 1 heterocycles. The third-order valence-electron chi connectivity index (χ3n) is 6.57. The van der Waals surface area contributed by atoms with E-state index in [1.54, 1.807) is 4.90 Å². The van der Waals surface area contributed by atoms with Gasteiger partial charge in [0.1, 0.15) is 11.7 Å². The molecular formula is C29H33N7O. The molecule has 0 saturated carbocycles. The zero-order valence-corrected chi connectivity index (χ0v) is 21.1. The highest BCUT2D eigenvalue weighted by molar-refractivity contribution is 5.97. The van der Waals surface area contributed by atoms with Crippen LogP contribution in [0.3, 0.4) is 0 Å². The molecule has 37 heavy (non-hydrogen) atoms. The van der Waals surface area contributed by atoms with E-state index in [0.29, 0.717) is 30.6 Å². The maximum absolute atomic E-state index is 13.5. The lowest BCUT2D eigenvalue weighted by atomic mass is 10.1. The predicted molar refractivity (Wildman–Crippen MR) is 148 cm³/mol. The number of amidine groups is 2. The van der Waals surface area contributed by atoms with Gasteiger partial charge < -0.3 is 20.9 Å². The second-order valence-electron chi connectivity index (χ2n) is 9.20. The van der Waals surface area contributed by atoms with Crippen LogP contribution in [0.1, 0.15) is 39.3 Å². The summed E-state index contributed by atoms with van der Waals surface area (Å²) in [5, 5.41) is 15.1. The molecule has 0 spiro atoms. The molecule has 4 rings (SSSR count). The number of carbonyl (C=O) groups excluding carboxylic acids is 1. The van der Waals surface area contributed by atoms with E-state index < -0.39 is 0 Å². The first-order chi connectivity index (χ1) is 17.8. The monoisotopic (exact) mass is 495 g/mol. The second kappa shape index (κ2) is 11.5. The Bertz CT molecular complexity index is 1410.